The van der Waals surface area contributed by atoms with Crippen LogP contribution in [0, 0.1) is 0 Å². The highest BCUT2D eigenvalue weighted by molar-refractivity contribution is 6.10. The van der Waals surface area contributed by atoms with Gasteiger partial charge in [-0.05, 0) is 63.5 Å². The van der Waals surface area contributed by atoms with Crippen molar-refractivity contribution >= 4 is 23.9 Å². The van der Waals surface area contributed by atoms with Gasteiger partial charge in [-0.3, -0.25) is 0 Å². The van der Waals surface area contributed by atoms with Crippen molar-refractivity contribution in [3.05, 3.63) is 85.8 Å². The average molecular weight is 647 g/mol. The monoisotopic (exact) mass is 646 g/mol. The summed E-state index contributed by atoms with van der Waals surface area (Å²) in [6, 6.07) is 2.21. The Morgan fingerprint density at radius 3 is 0.783 bits per heavy atom. The van der Waals surface area contributed by atoms with Crippen LogP contribution in [0.25, 0.3) is 0 Å². The number of esters is 4. The van der Waals surface area contributed by atoms with E-state index in [0.717, 1.165) is 12.1 Å². The van der Waals surface area contributed by atoms with Crippen molar-refractivity contribution in [2.75, 3.05) is 52.9 Å². The van der Waals surface area contributed by atoms with E-state index in [0.29, 0.717) is 77.8 Å². The molecule has 0 bridgehead atoms. The van der Waals surface area contributed by atoms with Crippen LogP contribution in [0.3, 0.4) is 0 Å². The second-order valence-corrected chi connectivity index (χ2v) is 9.47. The molecule has 12 heteroatoms. The maximum atomic E-state index is 13.2. The van der Waals surface area contributed by atoms with Gasteiger partial charge in [0.05, 0.1) is 100 Å². The number of benzene rings is 1. The molecule has 0 radical (unpaired) electrons. The van der Waals surface area contributed by atoms with Gasteiger partial charge < -0.3 is 37.9 Å². The molecule has 1 rings (SSSR count). The van der Waals surface area contributed by atoms with Gasteiger partial charge >= 0.3 is 23.9 Å². The van der Waals surface area contributed by atoms with Crippen molar-refractivity contribution in [3.8, 4) is 0 Å². The molecule has 254 valence electrons. The molecule has 0 heterocycles. The van der Waals surface area contributed by atoms with Crippen LogP contribution >= 0.6 is 0 Å². The molecule has 0 atom stereocenters. The zero-order valence-corrected chi connectivity index (χ0v) is 26.5. The zero-order valence-electron chi connectivity index (χ0n) is 26.5. The van der Waals surface area contributed by atoms with Crippen molar-refractivity contribution in [2.24, 2.45) is 0 Å². The first kappa shape index (κ1) is 39.3. The number of carbonyl (C=O) groups is 4. The van der Waals surface area contributed by atoms with Crippen molar-refractivity contribution in [2.45, 2.75) is 51.4 Å². The summed E-state index contributed by atoms with van der Waals surface area (Å²) in [5.41, 5.74) is -1.03. The van der Waals surface area contributed by atoms with E-state index in [2.05, 4.69) is 26.3 Å². The van der Waals surface area contributed by atoms with Crippen molar-refractivity contribution in [1.82, 2.24) is 0 Å². The van der Waals surface area contributed by atoms with Crippen molar-refractivity contribution < 1.29 is 57.1 Å². The highest BCUT2D eigenvalue weighted by atomic mass is 16.5. The number of hydrogen-bond donors (Lipinski definition) is 0. The van der Waals surface area contributed by atoms with Crippen LogP contribution in [0.1, 0.15) is 92.8 Å². The third-order valence-electron chi connectivity index (χ3n) is 6.07. The topological polar surface area (TPSA) is 142 Å². The van der Waals surface area contributed by atoms with Crippen LogP contribution in [-0.4, -0.2) is 76.7 Å². The molecular weight excluding hydrogens is 600 g/mol. The van der Waals surface area contributed by atoms with E-state index in [1.54, 1.807) is 0 Å². The number of unbranched alkanes of at least 4 members (excludes halogenated alkanes) is 4. The van der Waals surface area contributed by atoms with Gasteiger partial charge in [-0.2, -0.15) is 0 Å². The summed E-state index contributed by atoms with van der Waals surface area (Å²) >= 11 is 0. The molecule has 0 fully saturated rings. The Morgan fingerprint density at radius 2 is 0.587 bits per heavy atom. The predicted molar refractivity (Wildman–Crippen MR) is 169 cm³/mol. The highest BCUT2D eigenvalue weighted by Gasteiger charge is 2.29. The van der Waals surface area contributed by atoms with Gasteiger partial charge in [0, 0.05) is 0 Å². The number of hydrogen-bond acceptors (Lipinski definition) is 12. The highest BCUT2D eigenvalue weighted by Crippen LogP contribution is 2.23. The van der Waals surface area contributed by atoms with Crippen LogP contribution in [0.2, 0.25) is 0 Å². The van der Waals surface area contributed by atoms with Gasteiger partial charge in [-0.25, -0.2) is 19.2 Å². The van der Waals surface area contributed by atoms with Crippen LogP contribution in [0.15, 0.2) is 63.5 Å². The van der Waals surface area contributed by atoms with Gasteiger partial charge in [0.1, 0.15) is 0 Å². The van der Waals surface area contributed by atoms with Crippen LogP contribution < -0.4 is 0 Å². The lowest BCUT2D eigenvalue weighted by atomic mass is 9.97. The van der Waals surface area contributed by atoms with E-state index in [1.165, 1.54) is 25.0 Å². The lowest BCUT2D eigenvalue weighted by molar-refractivity contribution is 0.0429. The van der Waals surface area contributed by atoms with Gasteiger partial charge in [0.15, 0.2) is 0 Å². The standard InChI is InChI=1S/C34H46O12/c1-5-39-17-9-13-21-43-31(35)27-25-29(33(37)45-23-15-11-19-41-7-3)30(34(38)46-24-16-12-20-42-8-4)26-28(27)32(36)44-22-14-10-18-40-6-2/h5-8,25-26H,1-4,9-24H2. The van der Waals surface area contributed by atoms with Gasteiger partial charge in [-0.15, -0.1) is 0 Å². The normalized spacial score (nSPS) is 10.1. The molecule has 0 unspecified atom stereocenters. The van der Waals surface area contributed by atoms with Gasteiger partial charge in [0.25, 0.3) is 0 Å². The van der Waals surface area contributed by atoms with Crippen LogP contribution in [0.5, 0.6) is 0 Å². The van der Waals surface area contributed by atoms with Crippen LogP contribution in [0.4, 0.5) is 0 Å². The summed E-state index contributed by atoms with van der Waals surface area (Å²) < 4.78 is 41.8. The molecule has 0 spiro atoms. The molecule has 0 aliphatic carbocycles. The molecule has 46 heavy (non-hydrogen) atoms. The molecule has 0 aliphatic heterocycles. The minimum absolute atomic E-state index is 0.0169. The molecule has 0 saturated carbocycles. The number of carbonyl (C=O) groups excluding carboxylic acids is 4. The van der Waals surface area contributed by atoms with E-state index >= 15 is 0 Å². The Kier molecular flexibility index (Phi) is 21.8. The molecule has 0 saturated heterocycles. The summed E-state index contributed by atoms with van der Waals surface area (Å²) in [6.07, 6.45) is 9.49. The first-order valence-corrected chi connectivity index (χ1v) is 15.2. The number of ether oxygens (including phenoxy) is 8. The van der Waals surface area contributed by atoms with Crippen LogP contribution in [-0.2, 0) is 37.9 Å². The molecule has 0 aromatic heterocycles. The fraction of sp³-hybridized carbons (Fsp3) is 0.471. The summed E-state index contributed by atoms with van der Waals surface area (Å²) in [5.74, 6) is -3.52. The van der Waals surface area contributed by atoms with E-state index in [1.807, 2.05) is 0 Å². The summed E-state index contributed by atoms with van der Waals surface area (Å²) in [7, 11) is 0. The molecule has 1 aromatic carbocycles. The Labute approximate surface area is 270 Å². The molecule has 0 N–H and O–H groups in total. The van der Waals surface area contributed by atoms with Crippen molar-refractivity contribution in [1.29, 1.82) is 0 Å². The van der Waals surface area contributed by atoms with E-state index in [4.69, 9.17) is 37.9 Å². The zero-order chi connectivity index (χ0) is 33.8. The molecular formula is C34H46O12. The summed E-state index contributed by atoms with van der Waals surface area (Å²) in [5, 5.41) is 0. The molecule has 0 amide bonds. The number of rotatable bonds is 28. The Balaban J connectivity index is 3.29. The SMILES string of the molecule is C=COCCCCOC(=O)c1cc(C(=O)OCCCCOC=C)c(C(=O)OCCCCOC=C)cc1C(=O)OCCCCOC=C. The first-order valence-electron chi connectivity index (χ1n) is 15.2. The van der Waals surface area contributed by atoms with E-state index in [-0.39, 0.29) is 48.7 Å². The fourth-order valence-electron chi connectivity index (χ4n) is 3.73. The quantitative estimate of drug-likeness (QED) is 0.0451. The Hall–Kier alpha value is -4.74. The second-order valence-electron chi connectivity index (χ2n) is 9.47. The lowest BCUT2D eigenvalue weighted by Gasteiger charge is -2.15. The fourth-order valence-corrected chi connectivity index (χ4v) is 3.73. The average Bonchev–Trinajstić information content (AvgIpc) is 3.06. The van der Waals surface area contributed by atoms with E-state index in [9.17, 15) is 19.2 Å². The maximum Gasteiger partial charge on any atom is 0.339 e. The van der Waals surface area contributed by atoms with Crippen molar-refractivity contribution in [3.63, 3.8) is 0 Å². The molecule has 12 nitrogen and oxygen atoms in total. The second kappa shape index (κ2) is 25.6. The van der Waals surface area contributed by atoms with E-state index < -0.39 is 23.9 Å². The van der Waals surface area contributed by atoms with Gasteiger partial charge in [-0.1, -0.05) is 26.3 Å². The minimum Gasteiger partial charge on any atom is -0.502 e. The molecule has 0 aliphatic rings. The summed E-state index contributed by atoms with van der Waals surface area (Å²) in [6.45, 7) is 15.5. The lowest BCUT2D eigenvalue weighted by Crippen LogP contribution is -2.21. The Bertz CT molecular complexity index is 957. The minimum atomic E-state index is -0.881. The largest absolute Gasteiger partial charge is 0.502 e. The Morgan fingerprint density at radius 1 is 0.391 bits per heavy atom. The predicted octanol–water partition coefficient (Wildman–Crippen LogP) is 6.08. The molecule has 1 aromatic rings. The smallest absolute Gasteiger partial charge is 0.339 e. The van der Waals surface area contributed by atoms with Gasteiger partial charge in [0.2, 0.25) is 0 Å². The third kappa shape index (κ3) is 16.4. The first-order chi connectivity index (χ1) is 22.4. The third-order valence-corrected chi connectivity index (χ3v) is 6.07. The summed E-state index contributed by atoms with van der Waals surface area (Å²) in [4.78, 5) is 52.8. The maximum absolute atomic E-state index is 13.2.